The van der Waals surface area contributed by atoms with E-state index in [1.807, 2.05) is 0 Å². The standard InChI is InChI=1S/C20H22ClF3N4O3S/c1-25-18(29)12-9-32-16-13(20(22,23)24)14(21)17(27-15(12)16)28-6-4-11(5-7-28)31-19(30)26-8-10-2-3-10/h9-11H,2-8H2,1H3,(H,25,29)(H,26,30). The van der Waals surface area contributed by atoms with Crippen LogP contribution >= 0.6 is 22.9 Å². The third-order valence-electron chi connectivity index (χ3n) is 5.63. The van der Waals surface area contributed by atoms with Crippen molar-refractivity contribution in [1.29, 1.82) is 0 Å². The van der Waals surface area contributed by atoms with Crippen LogP contribution in [0, 0.1) is 5.92 Å². The highest BCUT2D eigenvalue weighted by atomic mass is 35.5. The summed E-state index contributed by atoms with van der Waals surface area (Å²) in [6, 6.07) is 0. The molecule has 1 aliphatic carbocycles. The Bertz CT molecular complexity index is 1030. The van der Waals surface area contributed by atoms with Crippen molar-refractivity contribution in [3.63, 3.8) is 0 Å². The second-order valence-corrected chi connectivity index (χ2v) is 9.20. The molecule has 1 saturated carbocycles. The van der Waals surface area contributed by atoms with Gasteiger partial charge in [-0.15, -0.1) is 11.3 Å². The lowest BCUT2D eigenvalue weighted by Crippen LogP contribution is -2.40. The number of alkyl halides is 3. The van der Waals surface area contributed by atoms with E-state index in [1.165, 1.54) is 12.4 Å². The fourth-order valence-electron chi connectivity index (χ4n) is 3.69. The third kappa shape index (κ3) is 4.73. The van der Waals surface area contributed by atoms with Gasteiger partial charge < -0.3 is 20.3 Å². The first-order valence-corrected chi connectivity index (χ1v) is 11.5. The van der Waals surface area contributed by atoms with Gasteiger partial charge in [-0.3, -0.25) is 4.79 Å². The van der Waals surface area contributed by atoms with Gasteiger partial charge in [-0.2, -0.15) is 13.2 Å². The SMILES string of the molecule is CNC(=O)c1csc2c(C(F)(F)F)c(Cl)c(N3CCC(OC(=O)NCC4CC4)CC3)nc12. The molecule has 2 aliphatic rings. The summed E-state index contributed by atoms with van der Waals surface area (Å²) >= 11 is 7.00. The Morgan fingerprint density at radius 1 is 1.28 bits per heavy atom. The number of fused-ring (bicyclic) bond motifs is 1. The number of hydrogen-bond donors (Lipinski definition) is 2. The van der Waals surface area contributed by atoms with Crippen LogP contribution in [0.15, 0.2) is 5.38 Å². The Kier molecular flexibility index (Phi) is 6.39. The van der Waals surface area contributed by atoms with Crippen LogP contribution in [0.4, 0.5) is 23.8 Å². The predicted molar refractivity (Wildman–Crippen MR) is 115 cm³/mol. The van der Waals surface area contributed by atoms with Crippen molar-refractivity contribution in [2.75, 3.05) is 31.6 Å². The minimum atomic E-state index is -4.71. The van der Waals surface area contributed by atoms with E-state index in [-0.39, 0.29) is 27.7 Å². The molecule has 3 heterocycles. The maximum Gasteiger partial charge on any atom is 0.419 e. The fourth-order valence-corrected chi connectivity index (χ4v) is 5.17. The molecule has 0 unspecified atom stereocenters. The van der Waals surface area contributed by atoms with Crippen LogP contribution in [0.5, 0.6) is 0 Å². The number of ether oxygens (including phenoxy) is 1. The Morgan fingerprint density at radius 2 is 1.97 bits per heavy atom. The van der Waals surface area contributed by atoms with Crippen molar-refractivity contribution in [1.82, 2.24) is 15.6 Å². The average Bonchev–Trinajstić information content (AvgIpc) is 3.49. The molecule has 1 aliphatic heterocycles. The van der Waals surface area contributed by atoms with Crippen LogP contribution in [0.3, 0.4) is 0 Å². The normalized spacial score (nSPS) is 17.5. The van der Waals surface area contributed by atoms with Crippen LogP contribution in [-0.2, 0) is 10.9 Å². The summed E-state index contributed by atoms with van der Waals surface area (Å²) in [4.78, 5) is 30.1. The molecule has 4 rings (SSSR count). The molecule has 2 aromatic rings. The van der Waals surface area contributed by atoms with Crippen molar-refractivity contribution in [3.8, 4) is 0 Å². The number of piperidine rings is 1. The molecule has 0 aromatic carbocycles. The molecular formula is C20H22ClF3N4O3S. The second-order valence-electron chi connectivity index (χ2n) is 7.94. The molecule has 12 heteroatoms. The quantitative estimate of drug-likeness (QED) is 0.647. The van der Waals surface area contributed by atoms with Gasteiger partial charge in [-0.1, -0.05) is 11.6 Å². The highest BCUT2D eigenvalue weighted by molar-refractivity contribution is 7.17. The lowest BCUT2D eigenvalue weighted by Gasteiger charge is -2.33. The molecule has 174 valence electrons. The second kappa shape index (κ2) is 8.93. The first kappa shape index (κ1) is 22.9. The summed E-state index contributed by atoms with van der Waals surface area (Å²) in [5, 5.41) is 6.02. The summed E-state index contributed by atoms with van der Waals surface area (Å²) in [5.41, 5.74) is -0.947. The fraction of sp³-hybridized carbons (Fsp3) is 0.550. The molecule has 0 atom stereocenters. The van der Waals surface area contributed by atoms with E-state index in [0.29, 0.717) is 38.4 Å². The van der Waals surface area contributed by atoms with E-state index in [4.69, 9.17) is 16.3 Å². The van der Waals surface area contributed by atoms with Crippen molar-refractivity contribution < 1.29 is 27.5 Å². The van der Waals surface area contributed by atoms with Gasteiger partial charge in [0.2, 0.25) is 0 Å². The van der Waals surface area contributed by atoms with E-state index in [2.05, 4.69) is 15.6 Å². The number of thiophene rings is 1. The maximum atomic E-state index is 13.9. The number of alkyl carbamates (subject to hydrolysis) is 1. The summed E-state index contributed by atoms with van der Waals surface area (Å²) < 4.78 is 46.9. The van der Waals surface area contributed by atoms with Crippen LogP contribution in [0.25, 0.3) is 10.2 Å². The molecule has 2 aromatic heterocycles. The Hall–Kier alpha value is -2.27. The molecule has 2 amide bonds. The van der Waals surface area contributed by atoms with E-state index in [9.17, 15) is 22.8 Å². The number of halogens is 4. The number of aromatic nitrogens is 1. The summed E-state index contributed by atoms with van der Waals surface area (Å²) in [5.74, 6) is -0.00621. The number of rotatable bonds is 5. The number of nitrogens with zero attached hydrogens (tertiary/aromatic N) is 2. The smallest absolute Gasteiger partial charge is 0.419 e. The molecular weight excluding hydrogens is 469 g/mol. The zero-order valence-electron chi connectivity index (χ0n) is 17.2. The first-order valence-electron chi connectivity index (χ1n) is 10.3. The van der Waals surface area contributed by atoms with Gasteiger partial charge in [-0.05, 0) is 18.8 Å². The first-order chi connectivity index (χ1) is 15.2. The lowest BCUT2D eigenvalue weighted by atomic mass is 10.1. The van der Waals surface area contributed by atoms with Crippen molar-refractivity contribution >= 4 is 51.0 Å². The molecule has 7 nitrogen and oxygen atoms in total. The zero-order valence-corrected chi connectivity index (χ0v) is 18.8. The topological polar surface area (TPSA) is 83.6 Å². The minimum absolute atomic E-state index is 0.0216. The van der Waals surface area contributed by atoms with E-state index < -0.39 is 28.8 Å². The minimum Gasteiger partial charge on any atom is -0.446 e. The molecule has 2 N–H and O–H groups in total. The Balaban J connectivity index is 1.55. The Morgan fingerprint density at radius 3 is 2.56 bits per heavy atom. The van der Waals surface area contributed by atoms with Crippen LogP contribution in [-0.4, -0.2) is 49.8 Å². The van der Waals surface area contributed by atoms with E-state index in [1.54, 1.807) is 4.90 Å². The number of hydrogen-bond acceptors (Lipinski definition) is 6. The summed E-state index contributed by atoms with van der Waals surface area (Å²) in [7, 11) is 1.40. The zero-order chi connectivity index (χ0) is 23.0. The number of amides is 2. The lowest BCUT2D eigenvalue weighted by molar-refractivity contribution is -0.136. The molecule has 2 fully saturated rings. The number of pyridine rings is 1. The van der Waals surface area contributed by atoms with Gasteiger partial charge in [-0.25, -0.2) is 9.78 Å². The monoisotopic (exact) mass is 490 g/mol. The van der Waals surface area contributed by atoms with Gasteiger partial charge in [0.05, 0.1) is 26.4 Å². The maximum absolute atomic E-state index is 13.9. The highest BCUT2D eigenvalue weighted by Crippen LogP contribution is 2.46. The molecule has 0 spiro atoms. The van der Waals surface area contributed by atoms with Gasteiger partial charge in [0.15, 0.2) is 0 Å². The highest BCUT2D eigenvalue weighted by Gasteiger charge is 2.40. The molecule has 0 bridgehead atoms. The van der Waals surface area contributed by atoms with Gasteiger partial charge >= 0.3 is 12.3 Å². The molecule has 32 heavy (non-hydrogen) atoms. The van der Waals surface area contributed by atoms with Gasteiger partial charge in [0.1, 0.15) is 11.9 Å². The number of nitrogens with one attached hydrogen (secondary N) is 2. The van der Waals surface area contributed by atoms with Crippen LogP contribution < -0.4 is 15.5 Å². The van der Waals surface area contributed by atoms with Gasteiger partial charge in [0, 0.05) is 44.9 Å². The van der Waals surface area contributed by atoms with Crippen LogP contribution in [0.1, 0.15) is 41.6 Å². The van der Waals surface area contributed by atoms with E-state index in [0.717, 1.165) is 24.2 Å². The molecule has 0 radical (unpaired) electrons. The molecule has 1 saturated heterocycles. The summed E-state index contributed by atoms with van der Waals surface area (Å²) in [6.07, 6.45) is -2.43. The van der Waals surface area contributed by atoms with Crippen LogP contribution in [0.2, 0.25) is 5.02 Å². The average molecular weight is 491 g/mol. The summed E-state index contributed by atoms with van der Waals surface area (Å²) in [6.45, 7) is 1.23. The third-order valence-corrected chi connectivity index (χ3v) is 6.97. The van der Waals surface area contributed by atoms with Crippen molar-refractivity contribution in [3.05, 3.63) is 21.5 Å². The number of anilines is 1. The predicted octanol–water partition coefficient (Wildman–Crippen LogP) is 4.43. The van der Waals surface area contributed by atoms with Gasteiger partial charge in [0.25, 0.3) is 5.91 Å². The van der Waals surface area contributed by atoms with E-state index >= 15 is 0 Å². The Labute approximate surface area is 191 Å². The van der Waals surface area contributed by atoms with Crippen molar-refractivity contribution in [2.45, 2.75) is 38.0 Å². The number of carbonyl (C=O) groups is 2. The number of carbonyl (C=O) groups excluding carboxylic acids is 2. The largest absolute Gasteiger partial charge is 0.446 e. The van der Waals surface area contributed by atoms with Crippen molar-refractivity contribution in [2.24, 2.45) is 5.92 Å².